The highest BCUT2D eigenvalue weighted by Gasteiger charge is 2.09. The van der Waals surface area contributed by atoms with Crippen LogP contribution in [0.2, 0.25) is 0 Å². The summed E-state index contributed by atoms with van der Waals surface area (Å²) in [4.78, 5) is 10.7. The molecule has 1 heterocycles. The minimum Gasteiger partial charge on any atom is -0.356 e. The maximum atomic E-state index is 13.7. The van der Waals surface area contributed by atoms with Crippen molar-refractivity contribution in [3.63, 3.8) is 0 Å². The molecule has 7 heteroatoms. The van der Waals surface area contributed by atoms with Gasteiger partial charge in [-0.1, -0.05) is 15.9 Å². The number of aliphatic imine (C=N–C) groups is 1. The van der Waals surface area contributed by atoms with Crippen LogP contribution in [-0.2, 0) is 13.0 Å². The van der Waals surface area contributed by atoms with Gasteiger partial charge in [0.1, 0.15) is 5.82 Å². The van der Waals surface area contributed by atoms with Crippen LogP contribution in [0.3, 0.4) is 0 Å². The topological polar surface area (TPSA) is 40.5 Å². The summed E-state index contributed by atoms with van der Waals surface area (Å²) in [5.41, 5.74) is 1.70. The largest absolute Gasteiger partial charge is 0.356 e. The van der Waals surface area contributed by atoms with Crippen molar-refractivity contribution in [2.24, 2.45) is 4.99 Å². The third kappa shape index (κ3) is 5.28. The lowest BCUT2D eigenvalue weighted by molar-refractivity contribution is 0.471. The molecule has 1 aromatic carbocycles. The average Bonchev–Trinajstić information content (AvgIpc) is 2.92. The van der Waals surface area contributed by atoms with Gasteiger partial charge in [-0.25, -0.2) is 9.37 Å². The van der Waals surface area contributed by atoms with Gasteiger partial charge in [0.2, 0.25) is 0 Å². The van der Waals surface area contributed by atoms with Crippen LogP contribution in [0.4, 0.5) is 4.39 Å². The molecule has 0 unspecified atom stereocenters. The van der Waals surface area contributed by atoms with Crippen LogP contribution >= 0.6 is 27.3 Å². The summed E-state index contributed by atoms with van der Waals surface area (Å²) in [5, 5.41) is 6.37. The highest BCUT2D eigenvalue weighted by Crippen LogP contribution is 2.15. The number of hydrogen-bond acceptors (Lipinski definition) is 3. The van der Waals surface area contributed by atoms with E-state index < -0.39 is 0 Å². The van der Waals surface area contributed by atoms with Crippen LogP contribution < -0.4 is 5.32 Å². The number of nitrogens with one attached hydrogen (secondary N) is 1. The van der Waals surface area contributed by atoms with Crippen LogP contribution in [0.5, 0.6) is 0 Å². The fraction of sp³-hybridized carbons (Fsp3) is 0.375. The Balaban J connectivity index is 1.88. The molecular formula is C16H20BrFN4S. The molecule has 2 aromatic rings. The summed E-state index contributed by atoms with van der Waals surface area (Å²) in [6.07, 6.45) is 0.591. The Bertz CT molecular complexity index is 686. The van der Waals surface area contributed by atoms with Crippen molar-refractivity contribution in [3.8, 4) is 0 Å². The summed E-state index contributed by atoms with van der Waals surface area (Å²) in [6, 6.07) is 4.99. The van der Waals surface area contributed by atoms with Crippen molar-refractivity contribution in [1.29, 1.82) is 0 Å². The number of guanidine groups is 1. The SMILES string of the molecule is CN=C(NCCc1cc(Br)ccc1F)N(C)Cc1csc(C)n1. The zero-order chi connectivity index (χ0) is 16.8. The van der Waals surface area contributed by atoms with Crippen LogP contribution in [0.1, 0.15) is 16.3 Å². The van der Waals surface area contributed by atoms with Gasteiger partial charge in [0, 0.05) is 30.5 Å². The molecule has 1 aromatic heterocycles. The van der Waals surface area contributed by atoms with E-state index in [4.69, 9.17) is 0 Å². The number of thiazole rings is 1. The molecule has 124 valence electrons. The van der Waals surface area contributed by atoms with Gasteiger partial charge in [-0.3, -0.25) is 4.99 Å². The van der Waals surface area contributed by atoms with Crippen molar-refractivity contribution >= 4 is 33.2 Å². The van der Waals surface area contributed by atoms with Crippen LogP contribution in [0.15, 0.2) is 33.0 Å². The van der Waals surface area contributed by atoms with E-state index >= 15 is 0 Å². The van der Waals surface area contributed by atoms with Crippen molar-refractivity contribution in [1.82, 2.24) is 15.2 Å². The Hall–Kier alpha value is -1.47. The lowest BCUT2D eigenvalue weighted by atomic mass is 10.1. The number of aryl methyl sites for hydroxylation is 1. The average molecular weight is 399 g/mol. The molecule has 4 nitrogen and oxygen atoms in total. The minimum atomic E-state index is -0.184. The van der Waals surface area contributed by atoms with Crippen molar-refractivity contribution in [3.05, 3.63) is 50.1 Å². The predicted octanol–water partition coefficient (Wildman–Crippen LogP) is 3.60. The molecule has 0 saturated carbocycles. The lowest BCUT2D eigenvalue weighted by Crippen LogP contribution is -2.39. The normalized spacial score (nSPS) is 11.6. The number of nitrogens with zero attached hydrogens (tertiary/aromatic N) is 3. The van der Waals surface area contributed by atoms with Crippen molar-refractivity contribution < 1.29 is 4.39 Å². The van der Waals surface area contributed by atoms with E-state index in [0.29, 0.717) is 25.1 Å². The van der Waals surface area contributed by atoms with Gasteiger partial charge in [-0.2, -0.15) is 0 Å². The van der Waals surface area contributed by atoms with Crippen LogP contribution in [0.25, 0.3) is 0 Å². The second kappa shape index (κ2) is 8.40. The van der Waals surface area contributed by atoms with E-state index in [9.17, 15) is 4.39 Å². The van der Waals surface area contributed by atoms with Crippen LogP contribution in [-0.4, -0.2) is 36.5 Å². The fourth-order valence-electron chi connectivity index (χ4n) is 2.23. The van der Waals surface area contributed by atoms with E-state index in [1.54, 1.807) is 24.5 Å². The Kier molecular flexibility index (Phi) is 6.53. The first-order chi connectivity index (χ1) is 11.0. The monoisotopic (exact) mass is 398 g/mol. The number of benzene rings is 1. The van der Waals surface area contributed by atoms with Gasteiger partial charge in [0.15, 0.2) is 5.96 Å². The molecule has 0 amide bonds. The molecule has 23 heavy (non-hydrogen) atoms. The van der Waals surface area contributed by atoms with Gasteiger partial charge in [-0.15, -0.1) is 11.3 Å². The van der Waals surface area contributed by atoms with E-state index in [1.807, 2.05) is 24.9 Å². The molecule has 0 bridgehead atoms. The molecule has 0 radical (unpaired) electrons. The molecular weight excluding hydrogens is 379 g/mol. The molecule has 0 saturated heterocycles. The van der Waals surface area contributed by atoms with Gasteiger partial charge in [-0.05, 0) is 37.1 Å². The minimum absolute atomic E-state index is 0.184. The van der Waals surface area contributed by atoms with Gasteiger partial charge < -0.3 is 10.2 Å². The van der Waals surface area contributed by atoms with Gasteiger partial charge in [0.25, 0.3) is 0 Å². The first-order valence-electron chi connectivity index (χ1n) is 7.26. The molecule has 1 N–H and O–H groups in total. The number of aromatic nitrogens is 1. The first kappa shape index (κ1) is 17.9. The standard InChI is InChI=1S/C16H20BrFN4S/c1-11-21-14(10-23-11)9-22(3)16(19-2)20-7-6-12-8-13(17)4-5-15(12)18/h4-5,8,10H,6-7,9H2,1-3H3,(H,19,20). The maximum absolute atomic E-state index is 13.7. The zero-order valence-electron chi connectivity index (χ0n) is 13.4. The molecule has 0 fully saturated rings. The summed E-state index contributed by atoms with van der Waals surface area (Å²) >= 11 is 5.01. The summed E-state index contributed by atoms with van der Waals surface area (Å²) in [5.74, 6) is 0.586. The van der Waals surface area contributed by atoms with E-state index in [1.165, 1.54) is 6.07 Å². The second-order valence-corrected chi connectivity index (χ2v) is 7.15. The second-order valence-electron chi connectivity index (χ2n) is 5.17. The Morgan fingerprint density at radius 1 is 1.48 bits per heavy atom. The fourth-order valence-corrected chi connectivity index (χ4v) is 3.24. The maximum Gasteiger partial charge on any atom is 0.193 e. The van der Waals surface area contributed by atoms with Crippen molar-refractivity contribution in [2.45, 2.75) is 19.9 Å². The zero-order valence-corrected chi connectivity index (χ0v) is 15.8. The molecule has 0 aliphatic rings. The molecule has 0 aliphatic heterocycles. The molecule has 2 rings (SSSR count). The number of halogens is 2. The highest BCUT2D eigenvalue weighted by atomic mass is 79.9. The third-order valence-corrected chi connectivity index (χ3v) is 4.64. The van der Waals surface area contributed by atoms with Crippen molar-refractivity contribution in [2.75, 3.05) is 20.6 Å². The summed E-state index contributed by atoms with van der Waals surface area (Å²) in [7, 11) is 3.70. The Morgan fingerprint density at radius 3 is 2.91 bits per heavy atom. The lowest BCUT2D eigenvalue weighted by Gasteiger charge is -2.21. The molecule has 0 aliphatic carbocycles. The third-order valence-electron chi connectivity index (χ3n) is 3.32. The highest BCUT2D eigenvalue weighted by molar-refractivity contribution is 9.10. The molecule has 0 atom stereocenters. The number of rotatable bonds is 5. The summed E-state index contributed by atoms with van der Waals surface area (Å²) in [6.45, 7) is 3.30. The Labute approximate surface area is 148 Å². The van der Waals surface area contributed by atoms with E-state index in [2.05, 4.69) is 36.6 Å². The van der Waals surface area contributed by atoms with Gasteiger partial charge >= 0.3 is 0 Å². The predicted molar refractivity (Wildman–Crippen MR) is 97.5 cm³/mol. The number of hydrogen-bond donors (Lipinski definition) is 1. The molecule has 0 spiro atoms. The van der Waals surface area contributed by atoms with Crippen LogP contribution in [0, 0.1) is 12.7 Å². The Morgan fingerprint density at radius 2 is 2.26 bits per heavy atom. The first-order valence-corrected chi connectivity index (χ1v) is 8.93. The van der Waals surface area contributed by atoms with E-state index in [-0.39, 0.29) is 5.82 Å². The summed E-state index contributed by atoms with van der Waals surface area (Å²) < 4.78 is 14.6. The smallest absolute Gasteiger partial charge is 0.193 e. The van der Waals surface area contributed by atoms with Gasteiger partial charge in [0.05, 0.1) is 17.2 Å². The van der Waals surface area contributed by atoms with E-state index in [0.717, 1.165) is 21.1 Å². The quantitative estimate of drug-likeness (QED) is 0.617.